The highest BCUT2D eigenvalue weighted by Gasteiger charge is 2.14. The Morgan fingerprint density at radius 1 is 1.28 bits per heavy atom. The van der Waals surface area contributed by atoms with Crippen LogP contribution in [-0.4, -0.2) is 39.5 Å². The fourth-order valence-electron chi connectivity index (χ4n) is 3.47. The molecule has 152 valence electrons. The number of nitrogens with one attached hydrogen (secondary N) is 1. The van der Waals surface area contributed by atoms with Gasteiger partial charge in [0.25, 0.3) is 0 Å². The molecule has 1 aliphatic rings. The van der Waals surface area contributed by atoms with E-state index in [9.17, 15) is 4.79 Å². The molecule has 0 saturated carbocycles. The lowest BCUT2D eigenvalue weighted by atomic mass is 10.1. The molecule has 29 heavy (non-hydrogen) atoms. The van der Waals surface area contributed by atoms with Gasteiger partial charge in [-0.25, -0.2) is 0 Å². The summed E-state index contributed by atoms with van der Waals surface area (Å²) in [5, 5.41) is 14.1. The standard InChI is InChI=1S/C21H25N5OS2/c1-16-13-17(25-9-2-3-10-25)6-7-19(16)23-20(27)14-29-21-24-22-15-26(21)11-8-18-5-4-12-28-18/h4-7,12-13,15H,2-3,8-11,14H2,1H3,(H,23,27). The predicted molar refractivity (Wildman–Crippen MR) is 120 cm³/mol. The number of nitrogens with zero attached hydrogens (tertiary/aromatic N) is 4. The van der Waals surface area contributed by atoms with Crippen molar-refractivity contribution >= 4 is 40.4 Å². The molecule has 4 rings (SSSR count). The van der Waals surface area contributed by atoms with Gasteiger partial charge in [-0.15, -0.1) is 21.5 Å². The second-order valence-corrected chi connectivity index (χ2v) is 9.14. The summed E-state index contributed by atoms with van der Waals surface area (Å²) in [7, 11) is 0. The largest absolute Gasteiger partial charge is 0.372 e. The van der Waals surface area contributed by atoms with Crippen LogP contribution in [0.25, 0.3) is 0 Å². The van der Waals surface area contributed by atoms with Crippen molar-refractivity contribution < 1.29 is 4.79 Å². The normalized spacial score (nSPS) is 13.8. The number of aryl methyl sites for hydroxylation is 3. The highest BCUT2D eigenvalue weighted by Crippen LogP contribution is 2.26. The fraction of sp³-hybridized carbons (Fsp3) is 0.381. The van der Waals surface area contributed by atoms with Crippen molar-refractivity contribution in [2.75, 3.05) is 29.1 Å². The van der Waals surface area contributed by atoms with E-state index >= 15 is 0 Å². The molecule has 3 heterocycles. The number of aromatic nitrogens is 3. The zero-order chi connectivity index (χ0) is 20.1. The first-order chi connectivity index (χ1) is 14.2. The molecule has 1 saturated heterocycles. The number of thioether (sulfide) groups is 1. The molecule has 6 nitrogen and oxygen atoms in total. The highest BCUT2D eigenvalue weighted by atomic mass is 32.2. The maximum atomic E-state index is 12.5. The van der Waals surface area contributed by atoms with Crippen molar-refractivity contribution in [3.63, 3.8) is 0 Å². The van der Waals surface area contributed by atoms with E-state index in [0.717, 1.165) is 42.5 Å². The van der Waals surface area contributed by atoms with Gasteiger partial charge in [-0.05, 0) is 61.4 Å². The molecule has 3 aromatic rings. The van der Waals surface area contributed by atoms with Gasteiger partial charge in [0, 0.05) is 35.9 Å². The summed E-state index contributed by atoms with van der Waals surface area (Å²) in [6.45, 7) is 5.10. The lowest BCUT2D eigenvalue weighted by Crippen LogP contribution is -2.18. The van der Waals surface area contributed by atoms with Crippen LogP contribution in [0.1, 0.15) is 23.3 Å². The SMILES string of the molecule is Cc1cc(N2CCCC2)ccc1NC(=O)CSc1nncn1CCc1cccs1. The van der Waals surface area contributed by atoms with E-state index in [1.807, 2.05) is 17.6 Å². The maximum Gasteiger partial charge on any atom is 0.234 e. The topological polar surface area (TPSA) is 63.1 Å². The van der Waals surface area contributed by atoms with Crippen LogP contribution in [0.15, 0.2) is 47.2 Å². The Hall–Kier alpha value is -2.32. The molecule has 1 amide bonds. The van der Waals surface area contributed by atoms with Crippen molar-refractivity contribution in [1.29, 1.82) is 0 Å². The second-order valence-electron chi connectivity index (χ2n) is 7.17. The second kappa shape index (κ2) is 9.45. The Bertz CT molecular complexity index is 948. The maximum absolute atomic E-state index is 12.5. The molecule has 0 unspecified atom stereocenters. The van der Waals surface area contributed by atoms with Crippen molar-refractivity contribution in [2.45, 2.75) is 37.9 Å². The molecule has 0 atom stereocenters. The Labute approximate surface area is 179 Å². The quantitative estimate of drug-likeness (QED) is 0.545. The number of thiophene rings is 1. The number of amides is 1. The highest BCUT2D eigenvalue weighted by molar-refractivity contribution is 7.99. The first-order valence-corrected chi connectivity index (χ1v) is 11.7. The Kier molecular flexibility index (Phi) is 6.51. The van der Waals surface area contributed by atoms with Crippen LogP contribution in [0.2, 0.25) is 0 Å². The summed E-state index contributed by atoms with van der Waals surface area (Å²) in [4.78, 5) is 16.2. The minimum atomic E-state index is -0.0279. The van der Waals surface area contributed by atoms with E-state index in [2.05, 4.69) is 50.1 Å². The van der Waals surface area contributed by atoms with Gasteiger partial charge in [-0.3, -0.25) is 4.79 Å². The number of anilines is 2. The molecule has 1 aromatic carbocycles. The van der Waals surface area contributed by atoms with Gasteiger partial charge >= 0.3 is 0 Å². The third-order valence-electron chi connectivity index (χ3n) is 5.05. The van der Waals surface area contributed by atoms with E-state index in [-0.39, 0.29) is 5.91 Å². The molecule has 0 radical (unpaired) electrons. The number of hydrogen-bond acceptors (Lipinski definition) is 6. The lowest BCUT2D eigenvalue weighted by Gasteiger charge is -2.19. The number of rotatable bonds is 8. The molecule has 1 fully saturated rings. The monoisotopic (exact) mass is 427 g/mol. The van der Waals surface area contributed by atoms with Crippen molar-refractivity contribution in [3.05, 3.63) is 52.5 Å². The molecule has 0 spiro atoms. The number of carbonyl (C=O) groups excluding carboxylic acids is 1. The van der Waals surface area contributed by atoms with Gasteiger partial charge in [-0.2, -0.15) is 0 Å². The summed E-state index contributed by atoms with van der Waals surface area (Å²) in [6.07, 6.45) is 5.19. The van der Waals surface area contributed by atoms with Gasteiger partial charge < -0.3 is 14.8 Å². The average molecular weight is 428 g/mol. The fourth-order valence-corrected chi connectivity index (χ4v) is 4.91. The minimum absolute atomic E-state index is 0.0279. The lowest BCUT2D eigenvalue weighted by molar-refractivity contribution is -0.113. The summed E-state index contributed by atoms with van der Waals surface area (Å²) < 4.78 is 2.01. The number of carbonyl (C=O) groups is 1. The van der Waals surface area contributed by atoms with E-state index in [4.69, 9.17) is 0 Å². The number of benzene rings is 1. The van der Waals surface area contributed by atoms with E-state index < -0.39 is 0 Å². The molecule has 1 aliphatic heterocycles. The van der Waals surface area contributed by atoms with Gasteiger partial charge in [0.15, 0.2) is 5.16 Å². The summed E-state index contributed by atoms with van der Waals surface area (Å²) in [6, 6.07) is 10.5. The predicted octanol–water partition coefficient (Wildman–Crippen LogP) is 4.22. The number of hydrogen-bond donors (Lipinski definition) is 1. The smallest absolute Gasteiger partial charge is 0.234 e. The molecule has 8 heteroatoms. The minimum Gasteiger partial charge on any atom is -0.372 e. The van der Waals surface area contributed by atoms with Gasteiger partial charge in [0.1, 0.15) is 6.33 Å². The summed E-state index contributed by atoms with van der Waals surface area (Å²) in [5.41, 5.74) is 3.20. The average Bonchev–Trinajstić information content (AvgIpc) is 3.48. The summed E-state index contributed by atoms with van der Waals surface area (Å²) >= 11 is 3.17. The molecular weight excluding hydrogens is 402 g/mol. The van der Waals surface area contributed by atoms with Crippen molar-refractivity contribution in [2.24, 2.45) is 0 Å². The summed E-state index contributed by atoms with van der Waals surface area (Å²) in [5.74, 6) is 0.283. The van der Waals surface area contributed by atoms with Crippen molar-refractivity contribution in [3.8, 4) is 0 Å². The van der Waals surface area contributed by atoms with Crippen LogP contribution in [0.5, 0.6) is 0 Å². The van der Waals surface area contributed by atoms with Gasteiger partial charge in [-0.1, -0.05) is 17.8 Å². The molecule has 2 aromatic heterocycles. The van der Waals surface area contributed by atoms with Crippen LogP contribution >= 0.6 is 23.1 Å². The third-order valence-corrected chi connectivity index (χ3v) is 6.96. The molecule has 0 aliphatic carbocycles. The zero-order valence-corrected chi connectivity index (χ0v) is 18.1. The van der Waals surface area contributed by atoms with Crippen LogP contribution in [0, 0.1) is 6.92 Å². The first kappa shape index (κ1) is 20.0. The van der Waals surface area contributed by atoms with Crippen LogP contribution in [0.3, 0.4) is 0 Å². The third kappa shape index (κ3) is 5.19. The molecular formula is C21H25N5OS2. The van der Waals surface area contributed by atoms with Crippen LogP contribution in [0.4, 0.5) is 11.4 Å². The van der Waals surface area contributed by atoms with Gasteiger partial charge in [0.05, 0.1) is 5.75 Å². The molecule has 0 bridgehead atoms. The first-order valence-electron chi connectivity index (χ1n) is 9.87. The van der Waals surface area contributed by atoms with E-state index in [1.165, 1.54) is 35.2 Å². The van der Waals surface area contributed by atoms with Crippen LogP contribution < -0.4 is 10.2 Å². The Balaban J connectivity index is 1.30. The van der Waals surface area contributed by atoms with Gasteiger partial charge in [0.2, 0.25) is 5.91 Å². The molecule has 1 N–H and O–H groups in total. The Morgan fingerprint density at radius 2 is 2.14 bits per heavy atom. The van der Waals surface area contributed by atoms with Crippen LogP contribution in [-0.2, 0) is 17.8 Å². The zero-order valence-electron chi connectivity index (χ0n) is 16.5. The van der Waals surface area contributed by atoms with E-state index in [1.54, 1.807) is 17.7 Å². The Morgan fingerprint density at radius 3 is 2.90 bits per heavy atom. The van der Waals surface area contributed by atoms with E-state index in [0.29, 0.717) is 5.75 Å². The van der Waals surface area contributed by atoms with Crippen molar-refractivity contribution in [1.82, 2.24) is 14.8 Å².